The maximum atomic E-state index is 6.34. The van der Waals surface area contributed by atoms with Gasteiger partial charge >= 0.3 is 0 Å². The second kappa shape index (κ2) is 5.42. The van der Waals surface area contributed by atoms with Gasteiger partial charge in [-0.3, -0.25) is 0 Å². The summed E-state index contributed by atoms with van der Waals surface area (Å²) in [7, 11) is 0. The normalized spacial score (nSPS) is 21.2. The minimum atomic E-state index is 0.612. The SMILES string of the molecule is CC1CCCCN1c1ccc(CBr)cc1Cl. The molecule has 0 N–H and O–H groups in total. The number of hydrogen-bond donors (Lipinski definition) is 0. The lowest BCUT2D eigenvalue weighted by molar-refractivity contribution is 0.485. The minimum absolute atomic E-state index is 0.612. The van der Waals surface area contributed by atoms with Crippen LogP contribution in [0.1, 0.15) is 31.7 Å². The van der Waals surface area contributed by atoms with Crippen molar-refractivity contribution in [3.05, 3.63) is 28.8 Å². The summed E-state index contributed by atoms with van der Waals surface area (Å²) in [4.78, 5) is 2.43. The molecular weight excluding hydrogens is 286 g/mol. The van der Waals surface area contributed by atoms with Crippen LogP contribution in [-0.4, -0.2) is 12.6 Å². The van der Waals surface area contributed by atoms with Crippen LogP contribution in [0, 0.1) is 0 Å². The molecule has 1 nitrogen and oxygen atoms in total. The van der Waals surface area contributed by atoms with Crippen molar-refractivity contribution < 1.29 is 0 Å². The highest BCUT2D eigenvalue weighted by molar-refractivity contribution is 9.08. The highest BCUT2D eigenvalue weighted by Crippen LogP contribution is 2.32. The first-order chi connectivity index (χ1) is 7.72. The number of hydrogen-bond acceptors (Lipinski definition) is 1. The number of nitrogens with zero attached hydrogens (tertiary/aromatic N) is 1. The average Bonchev–Trinajstić information content (AvgIpc) is 2.30. The standard InChI is InChI=1S/C13H17BrClN/c1-10-4-2-3-7-16(10)13-6-5-11(9-14)8-12(13)15/h5-6,8,10H,2-4,7,9H2,1H3. The van der Waals surface area contributed by atoms with Gasteiger partial charge in [-0.15, -0.1) is 0 Å². The third kappa shape index (κ3) is 2.54. The van der Waals surface area contributed by atoms with Crippen molar-refractivity contribution in [2.24, 2.45) is 0 Å². The van der Waals surface area contributed by atoms with Gasteiger partial charge in [0.1, 0.15) is 0 Å². The molecule has 1 heterocycles. The molecule has 2 rings (SSSR count). The van der Waals surface area contributed by atoms with Gasteiger partial charge in [0.15, 0.2) is 0 Å². The molecular formula is C13H17BrClN. The maximum Gasteiger partial charge on any atom is 0.0642 e. The fourth-order valence-corrected chi connectivity index (χ4v) is 2.98. The number of alkyl halides is 1. The fraction of sp³-hybridized carbons (Fsp3) is 0.538. The Bertz CT molecular complexity index is 367. The predicted octanol–water partition coefficient (Wildman–Crippen LogP) is 4.61. The zero-order valence-corrected chi connectivity index (χ0v) is 11.9. The van der Waals surface area contributed by atoms with Gasteiger partial charge in [0, 0.05) is 17.9 Å². The van der Waals surface area contributed by atoms with E-state index in [0.29, 0.717) is 6.04 Å². The molecule has 1 aromatic carbocycles. The Balaban J connectivity index is 2.25. The summed E-state index contributed by atoms with van der Waals surface area (Å²) < 4.78 is 0. The summed E-state index contributed by atoms with van der Waals surface area (Å²) in [6, 6.07) is 6.98. The first-order valence-electron chi connectivity index (χ1n) is 5.83. The van der Waals surface area contributed by atoms with Crippen molar-refractivity contribution in [1.82, 2.24) is 0 Å². The molecule has 0 bridgehead atoms. The zero-order valence-electron chi connectivity index (χ0n) is 9.55. The van der Waals surface area contributed by atoms with Crippen molar-refractivity contribution in [3.8, 4) is 0 Å². The Morgan fingerprint density at radius 3 is 2.88 bits per heavy atom. The Morgan fingerprint density at radius 2 is 2.25 bits per heavy atom. The van der Waals surface area contributed by atoms with E-state index in [4.69, 9.17) is 11.6 Å². The quantitative estimate of drug-likeness (QED) is 0.721. The molecule has 1 aliphatic heterocycles. The van der Waals surface area contributed by atoms with E-state index in [2.05, 4.69) is 46.0 Å². The van der Waals surface area contributed by atoms with Crippen LogP contribution < -0.4 is 4.90 Å². The van der Waals surface area contributed by atoms with E-state index < -0.39 is 0 Å². The minimum Gasteiger partial charge on any atom is -0.368 e. The van der Waals surface area contributed by atoms with Crippen LogP contribution in [-0.2, 0) is 5.33 Å². The van der Waals surface area contributed by atoms with E-state index in [1.807, 2.05) is 0 Å². The highest BCUT2D eigenvalue weighted by atomic mass is 79.9. The average molecular weight is 303 g/mol. The summed E-state index contributed by atoms with van der Waals surface area (Å²) in [5.74, 6) is 0. The molecule has 16 heavy (non-hydrogen) atoms. The van der Waals surface area contributed by atoms with Crippen LogP contribution in [0.4, 0.5) is 5.69 Å². The lowest BCUT2D eigenvalue weighted by atomic mass is 10.0. The fourth-order valence-electron chi connectivity index (χ4n) is 2.32. The molecule has 0 aromatic heterocycles. The van der Waals surface area contributed by atoms with Crippen LogP contribution in [0.5, 0.6) is 0 Å². The molecule has 1 aromatic rings. The lowest BCUT2D eigenvalue weighted by Crippen LogP contribution is -2.37. The van der Waals surface area contributed by atoms with Crippen molar-refractivity contribution in [2.45, 2.75) is 37.6 Å². The van der Waals surface area contributed by atoms with Gasteiger partial charge < -0.3 is 4.90 Å². The van der Waals surface area contributed by atoms with Gasteiger partial charge in [-0.05, 0) is 43.9 Å². The number of rotatable bonds is 2. The summed E-state index contributed by atoms with van der Waals surface area (Å²) in [6.45, 7) is 3.42. The predicted molar refractivity (Wildman–Crippen MR) is 74.7 cm³/mol. The molecule has 0 radical (unpaired) electrons. The van der Waals surface area contributed by atoms with E-state index in [1.54, 1.807) is 0 Å². The summed E-state index contributed by atoms with van der Waals surface area (Å²) in [5, 5.41) is 1.74. The van der Waals surface area contributed by atoms with Crippen molar-refractivity contribution in [1.29, 1.82) is 0 Å². The third-order valence-electron chi connectivity index (χ3n) is 3.28. The van der Waals surface area contributed by atoms with Crippen molar-refractivity contribution in [3.63, 3.8) is 0 Å². The monoisotopic (exact) mass is 301 g/mol. The molecule has 3 heteroatoms. The second-order valence-corrected chi connectivity index (χ2v) is 5.43. The van der Waals surface area contributed by atoms with Gasteiger partial charge in [-0.2, -0.15) is 0 Å². The van der Waals surface area contributed by atoms with Crippen LogP contribution in [0.3, 0.4) is 0 Å². The van der Waals surface area contributed by atoms with Gasteiger partial charge in [0.25, 0.3) is 0 Å². The smallest absolute Gasteiger partial charge is 0.0642 e. The summed E-state index contributed by atoms with van der Waals surface area (Å²) in [5.41, 5.74) is 2.43. The van der Waals surface area contributed by atoms with E-state index in [0.717, 1.165) is 16.9 Å². The number of benzene rings is 1. The van der Waals surface area contributed by atoms with Gasteiger partial charge in [-0.1, -0.05) is 33.6 Å². The lowest BCUT2D eigenvalue weighted by Gasteiger charge is -2.36. The molecule has 1 unspecified atom stereocenters. The first-order valence-corrected chi connectivity index (χ1v) is 7.33. The Kier molecular flexibility index (Phi) is 4.15. The molecule has 1 aliphatic rings. The van der Waals surface area contributed by atoms with E-state index >= 15 is 0 Å². The molecule has 0 aliphatic carbocycles. The Hall–Kier alpha value is -0.210. The van der Waals surface area contributed by atoms with E-state index in [1.165, 1.54) is 30.5 Å². The summed E-state index contributed by atoms with van der Waals surface area (Å²) in [6.07, 6.45) is 3.89. The molecule has 1 fully saturated rings. The van der Waals surface area contributed by atoms with Crippen LogP contribution in [0.2, 0.25) is 5.02 Å². The zero-order chi connectivity index (χ0) is 11.5. The second-order valence-electron chi connectivity index (χ2n) is 4.46. The topological polar surface area (TPSA) is 3.24 Å². The summed E-state index contributed by atoms with van der Waals surface area (Å²) >= 11 is 9.80. The maximum absolute atomic E-state index is 6.34. The number of anilines is 1. The van der Waals surface area contributed by atoms with Crippen LogP contribution >= 0.6 is 27.5 Å². The van der Waals surface area contributed by atoms with Gasteiger partial charge in [0.2, 0.25) is 0 Å². The van der Waals surface area contributed by atoms with Crippen LogP contribution in [0.15, 0.2) is 18.2 Å². The molecule has 88 valence electrons. The van der Waals surface area contributed by atoms with E-state index in [9.17, 15) is 0 Å². The third-order valence-corrected chi connectivity index (χ3v) is 4.23. The van der Waals surface area contributed by atoms with Gasteiger partial charge in [-0.25, -0.2) is 0 Å². The largest absolute Gasteiger partial charge is 0.368 e. The Labute approximate surface area is 111 Å². The molecule has 1 atom stereocenters. The first kappa shape index (κ1) is 12.3. The molecule has 1 saturated heterocycles. The van der Waals surface area contributed by atoms with Crippen molar-refractivity contribution >= 4 is 33.2 Å². The van der Waals surface area contributed by atoms with Crippen LogP contribution in [0.25, 0.3) is 0 Å². The molecule has 0 spiro atoms. The Morgan fingerprint density at radius 1 is 1.44 bits per heavy atom. The highest BCUT2D eigenvalue weighted by Gasteiger charge is 2.20. The number of piperidine rings is 1. The molecule has 0 saturated carbocycles. The number of halogens is 2. The van der Waals surface area contributed by atoms with E-state index in [-0.39, 0.29) is 0 Å². The van der Waals surface area contributed by atoms with Gasteiger partial charge in [0.05, 0.1) is 10.7 Å². The molecule has 0 amide bonds. The van der Waals surface area contributed by atoms with Crippen molar-refractivity contribution in [2.75, 3.05) is 11.4 Å².